The van der Waals surface area contributed by atoms with Crippen molar-refractivity contribution < 1.29 is 14.4 Å². The maximum Gasteiger partial charge on any atom is 0.328 e. The molecule has 0 bridgehead atoms. The monoisotopic (exact) mass is 208 g/mol. The summed E-state index contributed by atoms with van der Waals surface area (Å²) >= 11 is 0. The smallest absolute Gasteiger partial charge is 0.276 e. The second kappa shape index (κ2) is 4.08. The van der Waals surface area contributed by atoms with Crippen LogP contribution >= 0.6 is 0 Å². The van der Waals surface area contributed by atoms with Crippen LogP contribution in [0, 0.1) is 5.41 Å². The SMILES string of the molecule is CC=CC1(C=CC)C(=O)NC(=O)NC1=O. The highest BCUT2D eigenvalue weighted by Crippen LogP contribution is 2.24. The zero-order chi connectivity index (χ0) is 11.5. The Labute approximate surface area is 87.2 Å². The lowest BCUT2D eigenvalue weighted by atomic mass is 9.83. The normalized spacial score (nSPS) is 20.8. The molecule has 0 aliphatic carbocycles. The molecule has 0 saturated carbocycles. The highest BCUT2D eigenvalue weighted by Gasteiger charge is 2.46. The standard InChI is InChI=1S/C10H12N2O3/c1-3-5-10(6-4-2)7(13)11-9(15)12-8(10)14/h3-6H,1-2H3,(H2,11,12,13,14,15). The van der Waals surface area contributed by atoms with Gasteiger partial charge in [0.25, 0.3) is 11.8 Å². The molecule has 0 aromatic heterocycles. The molecule has 80 valence electrons. The van der Waals surface area contributed by atoms with Gasteiger partial charge in [-0.15, -0.1) is 0 Å². The molecule has 5 heteroatoms. The first-order valence-electron chi connectivity index (χ1n) is 4.51. The molecule has 1 heterocycles. The van der Waals surface area contributed by atoms with Gasteiger partial charge in [0.1, 0.15) is 0 Å². The zero-order valence-electron chi connectivity index (χ0n) is 8.53. The number of rotatable bonds is 2. The second-order valence-electron chi connectivity index (χ2n) is 3.11. The number of carbonyl (C=O) groups excluding carboxylic acids is 3. The third-order valence-electron chi connectivity index (χ3n) is 2.06. The summed E-state index contributed by atoms with van der Waals surface area (Å²) in [4.78, 5) is 34.1. The zero-order valence-corrected chi connectivity index (χ0v) is 8.53. The van der Waals surface area contributed by atoms with E-state index in [0.717, 1.165) is 0 Å². The van der Waals surface area contributed by atoms with E-state index in [1.165, 1.54) is 12.2 Å². The highest BCUT2D eigenvalue weighted by molar-refractivity contribution is 6.21. The molecule has 0 aromatic rings. The maximum atomic E-state index is 11.6. The average molecular weight is 208 g/mol. The van der Waals surface area contributed by atoms with Gasteiger partial charge >= 0.3 is 6.03 Å². The van der Waals surface area contributed by atoms with E-state index in [2.05, 4.69) is 10.6 Å². The Hall–Kier alpha value is -1.91. The molecule has 0 spiro atoms. The van der Waals surface area contributed by atoms with Crippen molar-refractivity contribution in [3.05, 3.63) is 24.3 Å². The van der Waals surface area contributed by atoms with Crippen LogP contribution in [0.4, 0.5) is 4.79 Å². The molecule has 1 aliphatic heterocycles. The first-order valence-corrected chi connectivity index (χ1v) is 4.51. The van der Waals surface area contributed by atoms with Gasteiger partial charge < -0.3 is 0 Å². The molecule has 5 nitrogen and oxygen atoms in total. The van der Waals surface area contributed by atoms with Crippen LogP contribution in [0.2, 0.25) is 0 Å². The molecule has 1 fully saturated rings. The van der Waals surface area contributed by atoms with E-state index in [9.17, 15) is 14.4 Å². The number of hydrogen-bond donors (Lipinski definition) is 2. The van der Waals surface area contributed by atoms with Gasteiger partial charge in [0, 0.05) is 0 Å². The summed E-state index contributed by atoms with van der Waals surface area (Å²) in [6.07, 6.45) is 6.08. The van der Waals surface area contributed by atoms with Crippen LogP contribution in [0.25, 0.3) is 0 Å². The predicted molar refractivity (Wildman–Crippen MR) is 53.7 cm³/mol. The number of barbiturate groups is 1. The van der Waals surface area contributed by atoms with E-state index in [0.29, 0.717) is 0 Å². The Kier molecular flexibility index (Phi) is 3.04. The largest absolute Gasteiger partial charge is 0.328 e. The van der Waals surface area contributed by atoms with Gasteiger partial charge in [0.05, 0.1) is 0 Å². The van der Waals surface area contributed by atoms with Gasteiger partial charge in [-0.25, -0.2) is 4.79 Å². The Morgan fingerprint density at radius 3 is 1.67 bits per heavy atom. The third kappa shape index (κ3) is 1.81. The lowest BCUT2D eigenvalue weighted by Crippen LogP contribution is -2.61. The van der Waals surface area contributed by atoms with Crippen molar-refractivity contribution in [1.29, 1.82) is 0 Å². The van der Waals surface area contributed by atoms with Gasteiger partial charge in [0.15, 0.2) is 5.41 Å². The summed E-state index contributed by atoms with van der Waals surface area (Å²) < 4.78 is 0. The minimum Gasteiger partial charge on any atom is -0.276 e. The minimum absolute atomic E-state index is 0.632. The molecule has 1 rings (SSSR count). The molecule has 0 aromatic carbocycles. The van der Waals surface area contributed by atoms with Crippen LogP contribution in [0.3, 0.4) is 0 Å². The van der Waals surface area contributed by atoms with Crippen molar-refractivity contribution >= 4 is 17.8 Å². The number of carbonyl (C=O) groups is 3. The van der Waals surface area contributed by atoms with E-state index in [1.54, 1.807) is 26.0 Å². The number of hydrogen-bond acceptors (Lipinski definition) is 3. The molecule has 4 amide bonds. The van der Waals surface area contributed by atoms with Crippen molar-refractivity contribution in [2.24, 2.45) is 5.41 Å². The van der Waals surface area contributed by atoms with Crippen molar-refractivity contribution in [2.75, 3.05) is 0 Å². The number of nitrogens with one attached hydrogen (secondary N) is 2. The van der Waals surface area contributed by atoms with Gasteiger partial charge in [-0.1, -0.05) is 24.3 Å². The lowest BCUT2D eigenvalue weighted by Gasteiger charge is -2.28. The van der Waals surface area contributed by atoms with Gasteiger partial charge in [-0.2, -0.15) is 0 Å². The Bertz CT molecular complexity index is 335. The molecule has 1 aliphatic rings. The highest BCUT2D eigenvalue weighted by atomic mass is 16.2. The maximum absolute atomic E-state index is 11.6. The fourth-order valence-electron chi connectivity index (χ4n) is 1.43. The molecule has 0 atom stereocenters. The van der Waals surface area contributed by atoms with Crippen LogP contribution in [0.15, 0.2) is 24.3 Å². The van der Waals surface area contributed by atoms with Gasteiger partial charge in [0.2, 0.25) is 0 Å². The Morgan fingerprint density at radius 1 is 0.933 bits per heavy atom. The van der Waals surface area contributed by atoms with E-state index in [-0.39, 0.29) is 0 Å². The Morgan fingerprint density at radius 2 is 1.33 bits per heavy atom. The molecular weight excluding hydrogens is 196 g/mol. The lowest BCUT2D eigenvalue weighted by molar-refractivity contribution is -0.138. The van der Waals surface area contributed by atoms with Crippen LogP contribution in [-0.4, -0.2) is 17.8 Å². The summed E-state index contributed by atoms with van der Waals surface area (Å²) in [5.74, 6) is -1.26. The van der Waals surface area contributed by atoms with Crippen LogP contribution in [0.1, 0.15) is 13.8 Å². The number of urea groups is 1. The molecular formula is C10H12N2O3. The summed E-state index contributed by atoms with van der Waals surface area (Å²) in [6.45, 7) is 3.39. The van der Waals surface area contributed by atoms with Crippen molar-refractivity contribution in [2.45, 2.75) is 13.8 Å². The summed E-state index contributed by atoms with van der Waals surface area (Å²) in [5, 5.41) is 4.12. The Balaban J connectivity index is 3.20. The van der Waals surface area contributed by atoms with Crippen molar-refractivity contribution in [3.63, 3.8) is 0 Å². The fourth-order valence-corrected chi connectivity index (χ4v) is 1.43. The first-order chi connectivity index (χ1) is 7.06. The van der Waals surface area contributed by atoms with E-state index < -0.39 is 23.3 Å². The molecule has 0 radical (unpaired) electrons. The average Bonchev–Trinajstić information content (AvgIpc) is 2.14. The van der Waals surface area contributed by atoms with E-state index in [1.807, 2.05) is 0 Å². The molecule has 1 saturated heterocycles. The number of imide groups is 2. The summed E-state index contributed by atoms with van der Waals surface area (Å²) in [7, 11) is 0. The fraction of sp³-hybridized carbons (Fsp3) is 0.300. The van der Waals surface area contributed by atoms with Gasteiger partial charge in [-0.3, -0.25) is 20.2 Å². The van der Waals surface area contributed by atoms with Crippen LogP contribution in [-0.2, 0) is 9.59 Å². The van der Waals surface area contributed by atoms with Crippen molar-refractivity contribution in [1.82, 2.24) is 10.6 Å². The summed E-state index contributed by atoms with van der Waals surface area (Å²) in [6, 6.07) is -0.783. The minimum atomic E-state index is -1.41. The molecule has 2 N–H and O–H groups in total. The second-order valence-corrected chi connectivity index (χ2v) is 3.11. The van der Waals surface area contributed by atoms with Crippen LogP contribution < -0.4 is 10.6 Å². The number of allylic oxidation sites excluding steroid dienone is 2. The van der Waals surface area contributed by atoms with E-state index in [4.69, 9.17) is 0 Å². The van der Waals surface area contributed by atoms with Crippen LogP contribution in [0.5, 0.6) is 0 Å². The predicted octanol–water partition coefficient (Wildman–Crippen LogP) is 0.491. The van der Waals surface area contributed by atoms with Crippen molar-refractivity contribution in [3.8, 4) is 0 Å². The molecule has 0 unspecified atom stereocenters. The van der Waals surface area contributed by atoms with Gasteiger partial charge in [-0.05, 0) is 13.8 Å². The topological polar surface area (TPSA) is 75.3 Å². The molecule has 15 heavy (non-hydrogen) atoms. The van der Waals surface area contributed by atoms with E-state index >= 15 is 0 Å². The summed E-state index contributed by atoms with van der Waals surface area (Å²) in [5.41, 5.74) is -1.41. The first kappa shape index (κ1) is 11.2. The third-order valence-corrected chi connectivity index (χ3v) is 2.06. The quantitative estimate of drug-likeness (QED) is 0.512. The number of amides is 4.